The first-order chi connectivity index (χ1) is 51.2. The molecule has 11 amide bonds. The van der Waals surface area contributed by atoms with Crippen LogP contribution >= 0.6 is 0 Å². The monoisotopic (exact) mass is 1490 g/mol. The van der Waals surface area contributed by atoms with Crippen molar-refractivity contribution in [3.63, 3.8) is 0 Å². The number of aliphatic hydroxyl groups is 4. The number of aromatic hydroxyl groups is 1. The summed E-state index contributed by atoms with van der Waals surface area (Å²) in [5.74, 6) is -11.3. The van der Waals surface area contributed by atoms with Crippen LogP contribution in [0.15, 0.2) is 121 Å². The van der Waals surface area contributed by atoms with Gasteiger partial charge < -0.3 is 99.2 Å². The Hall–Kier alpha value is -10.3. The number of carbonyl (C=O) groups excluding carboxylic acids is 11. The highest BCUT2D eigenvalue weighted by Crippen LogP contribution is 2.24. The Bertz CT molecular complexity index is 3820. The standard InChI is InChI=1S/C74H99N15O18/c1-41(2)32-50-65(97)84-56(36-45-20-12-7-13-21-45)73(105)89-29-15-23-57(89)71(103)83-52(34-44-18-10-6-11-19-44)67(99)79-51(33-43-16-8-5-9-17-43)66(98)82-55(38-59(76)92)69(101)81-54(37-47-39-88(87-86-47)30-31-106-74-63(95)62(94)61(93)58(40-90)107-74)68(100)80-53(35-46-24-26-48(91)27-25-46)70(102)85-60(42(3)4)72(104)77-49(22-14-28-75)64(96)78-50/h5-13,16-21,24-27,39,41-42,49-58,60-63,74,90-91,93-95H,14-15,22-23,28-38,40,75H2,1-4H3,(H2,76,92)(H,77,104)(H,78,96)(H,79,99)(H,80,100)(H,81,101)(H,82,98)(H,83,103)(H,84,97)(H,85,102)/t49-,50-,51+,52-,53-,54-,55-,56+,57-,58+,60-,61+,62-,63-,74-/m0/s1. The molecule has 0 aliphatic carbocycles. The smallest absolute Gasteiger partial charge is 0.246 e. The second-order valence-electron chi connectivity index (χ2n) is 27.8. The minimum absolute atomic E-state index is 0.00585. The van der Waals surface area contributed by atoms with Crippen molar-refractivity contribution in [2.45, 2.75) is 196 Å². The fraction of sp³-hybridized carbons (Fsp3) is 0.500. The van der Waals surface area contributed by atoms with Gasteiger partial charge in [-0.1, -0.05) is 136 Å². The van der Waals surface area contributed by atoms with E-state index < -0.39 is 181 Å². The van der Waals surface area contributed by atoms with Gasteiger partial charge in [-0.15, -0.1) is 5.10 Å². The molecule has 8 rings (SSSR count). The largest absolute Gasteiger partial charge is 0.508 e. The van der Waals surface area contributed by atoms with Crippen LogP contribution in [0, 0.1) is 11.8 Å². The Labute approximate surface area is 618 Å². The Balaban J connectivity index is 1.20. The predicted molar refractivity (Wildman–Crippen MR) is 384 cm³/mol. The number of ether oxygens (including phenoxy) is 2. The summed E-state index contributed by atoms with van der Waals surface area (Å²) in [6.45, 7) is 5.83. The van der Waals surface area contributed by atoms with Crippen LogP contribution in [0.25, 0.3) is 0 Å². The molecule has 578 valence electrons. The van der Waals surface area contributed by atoms with Gasteiger partial charge in [0.1, 0.15) is 90.6 Å². The lowest BCUT2D eigenvalue weighted by atomic mass is 9.99. The molecular formula is C74H99N15O18. The number of fused-ring (bicyclic) bond motifs is 1. The number of carbonyl (C=O) groups is 11. The molecule has 18 N–H and O–H groups in total. The highest BCUT2D eigenvalue weighted by Gasteiger charge is 2.45. The number of aliphatic hydroxyl groups excluding tert-OH is 4. The first kappa shape index (κ1) is 82.4. The molecule has 3 saturated heterocycles. The zero-order valence-corrected chi connectivity index (χ0v) is 60.2. The Kier molecular flexibility index (Phi) is 30.7. The van der Waals surface area contributed by atoms with Crippen molar-refractivity contribution in [3.05, 3.63) is 149 Å². The van der Waals surface area contributed by atoms with Crippen molar-refractivity contribution in [1.82, 2.24) is 67.7 Å². The van der Waals surface area contributed by atoms with E-state index in [0.29, 0.717) is 28.7 Å². The topological polar surface area (TPSA) is 502 Å². The first-order valence-corrected chi connectivity index (χ1v) is 35.9. The van der Waals surface area contributed by atoms with Gasteiger partial charge in [0, 0.05) is 44.8 Å². The summed E-state index contributed by atoms with van der Waals surface area (Å²) in [6.07, 6.45) is -8.20. The average Bonchev–Trinajstić information content (AvgIpc) is 1.78. The van der Waals surface area contributed by atoms with Crippen molar-refractivity contribution in [3.8, 4) is 5.75 Å². The molecule has 3 fully saturated rings. The summed E-state index contributed by atoms with van der Waals surface area (Å²) in [5, 5.41) is 84.0. The molecule has 3 aliphatic heterocycles. The number of phenolic OH excluding ortho intramolecular Hbond substituents is 1. The summed E-state index contributed by atoms with van der Waals surface area (Å²) < 4.78 is 12.3. The number of benzene rings is 4. The van der Waals surface area contributed by atoms with Crippen molar-refractivity contribution in [2.24, 2.45) is 23.3 Å². The molecule has 0 spiro atoms. The zero-order valence-electron chi connectivity index (χ0n) is 60.2. The Morgan fingerprint density at radius 2 is 1.02 bits per heavy atom. The van der Waals surface area contributed by atoms with Crippen LogP contribution in [-0.2, 0) is 101 Å². The van der Waals surface area contributed by atoms with E-state index in [9.17, 15) is 49.5 Å². The zero-order chi connectivity index (χ0) is 77.4. The Morgan fingerprint density at radius 1 is 0.561 bits per heavy atom. The number of phenols is 1. The normalized spacial score (nSPS) is 26.6. The van der Waals surface area contributed by atoms with Gasteiger partial charge in [-0.25, -0.2) is 4.68 Å². The summed E-state index contributed by atoms with van der Waals surface area (Å²) in [5.41, 5.74) is 13.8. The SMILES string of the molecule is CC(C)C[C@@H]1NC(=O)[C@H](CCCN)NC(=O)[C@H](C(C)C)NC(=O)[C@H](Cc2ccc(O)cc2)NC(=O)[C@H](Cc2cn(CCO[C@H]3O[C@H](CO)[C@@H](O)[C@H](O)[C@@H]3O)nn2)NC(=O)[C@H](CC(N)=O)NC(=O)[C@@H](Cc2ccccc2)NC(=O)[C@H](Cc2ccccc2)NC(=O)[C@@H]2CCCN2C(=O)[C@@H](Cc2ccccc2)NC1=O. The molecule has 0 bridgehead atoms. The lowest BCUT2D eigenvalue weighted by Gasteiger charge is -2.39. The lowest BCUT2D eigenvalue weighted by Crippen LogP contribution is -2.62. The van der Waals surface area contributed by atoms with Gasteiger partial charge in [0.2, 0.25) is 65.0 Å². The van der Waals surface area contributed by atoms with Gasteiger partial charge in [0.25, 0.3) is 0 Å². The van der Waals surface area contributed by atoms with E-state index in [1.165, 1.54) is 40.0 Å². The van der Waals surface area contributed by atoms with Gasteiger partial charge in [0.05, 0.1) is 31.9 Å². The number of nitrogens with one attached hydrogen (secondary N) is 9. The van der Waals surface area contributed by atoms with E-state index in [0.717, 1.165) is 0 Å². The molecule has 3 aliphatic rings. The fourth-order valence-electron chi connectivity index (χ4n) is 12.8. The van der Waals surface area contributed by atoms with E-state index in [1.807, 2.05) is 13.8 Å². The molecule has 4 heterocycles. The average molecular weight is 1490 g/mol. The molecular weight excluding hydrogens is 1390 g/mol. The van der Waals surface area contributed by atoms with Crippen LogP contribution in [0.4, 0.5) is 0 Å². The molecule has 4 aromatic carbocycles. The van der Waals surface area contributed by atoms with Crippen LogP contribution in [0.5, 0.6) is 5.75 Å². The fourth-order valence-corrected chi connectivity index (χ4v) is 12.8. The van der Waals surface area contributed by atoms with Crippen LogP contribution < -0.4 is 59.3 Å². The van der Waals surface area contributed by atoms with Gasteiger partial charge in [-0.3, -0.25) is 52.7 Å². The number of rotatable bonds is 23. The summed E-state index contributed by atoms with van der Waals surface area (Å²) in [7, 11) is 0. The highest BCUT2D eigenvalue weighted by molar-refractivity contribution is 6.00. The van der Waals surface area contributed by atoms with Crippen molar-refractivity contribution >= 4 is 65.0 Å². The predicted octanol–water partition coefficient (Wildman–Crippen LogP) is -3.00. The maximum atomic E-state index is 15.3. The van der Waals surface area contributed by atoms with Gasteiger partial charge >= 0.3 is 0 Å². The quantitative estimate of drug-likeness (QED) is 0.0310. The molecule has 107 heavy (non-hydrogen) atoms. The van der Waals surface area contributed by atoms with Crippen LogP contribution in [-0.4, -0.2) is 228 Å². The summed E-state index contributed by atoms with van der Waals surface area (Å²) >= 11 is 0. The Morgan fingerprint density at radius 3 is 1.54 bits per heavy atom. The molecule has 1 aromatic heterocycles. The maximum absolute atomic E-state index is 15.3. The first-order valence-electron chi connectivity index (χ1n) is 35.9. The number of aromatic nitrogens is 3. The van der Waals surface area contributed by atoms with Gasteiger partial charge in [0.15, 0.2) is 6.29 Å². The molecule has 0 radical (unpaired) electrons. The molecule has 0 saturated carbocycles. The highest BCUT2D eigenvalue weighted by atomic mass is 16.7. The number of nitrogens with two attached hydrogens (primary N) is 2. The minimum Gasteiger partial charge on any atom is -0.508 e. The van der Waals surface area contributed by atoms with E-state index in [4.69, 9.17) is 20.9 Å². The maximum Gasteiger partial charge on any atom is 0.246 e. The van der Waals surface area contributed by atoms with E-state index in [-0.39, 0.29) is 95.0 Å². The summed E-state index contributed by atoms with van der Waals surface area (Å²) in [6, 6.07) is 16.3. The number of hydrogen-bond donors (Lipinski definition) is 16. The molecule has 5 aromatic rings. The van der Waals surface area contributed by atoms with Gasteiger partial charge in [-0.05, 0) is 84.9 Å². The second kappa shape index (κ2) is 39.9. The summed E-state index contributed by atoms with van der Waals surface area (Å²) in [4.78, 5) is 165. The van der Waals surface area contributed by atoms with Gasteiger partial charge in [-0.2, -0.15) is 0 Å². The number of hydrogen-bond acceptors (Lipinski definition) is 21. The number of nitrogens with zero attached hydrogens (tertiary/aromatic N) is 4. The van der Waals surface area contributed by atoms with Crippen LogP contribution in [0.2, 0.25) is 0 Å². The number of amides is 11. The molecule has 0 unspecified atom stereocenters. The van der Waals surface area contributed by atoms with E-state index >= 15 is 28.8 Å². The van der Waals surface area contributed by atoms with Crippen molar-refractivity contribution < 1.29 is 87.7 Å². The molecule has 33 nitrogen and oxygen atoms in total. The van der Waals surface area contributed by atoms with E-state index in [2.05, 4.69) is 58.2 Å². The van der Waals surface area contributed by atoms with E-state index in [1.54, 1.807) is 105 Å². The third-order valence-electron chi connectivity index (χ3n) is 18.6. The van der Waals surface area contributed by atoms with Crippen molar-refractivity contribution in [1.29, 1.82) is 0 Å². The second-order valence-corrected chi connectivity index (χ2v) is 27.8. The lowest BCUT2D eigenvalue weighted by molar-refractivity contribution is -0.301. The van der Waals surface area contributed by atoms with Crippen molar-refractivity contribution in [2.75, 3.05) is 26.3 Å². The van der Waals surface area contributed by atoms with Crippen LogP contribution in [0.1, 0.15) is 94.2 Å². The number of primary amides is 1. The van der Waals surface area contributed by atoms with Crippen LogP contribution in [0.3, 0.4) is 0 Å². The minimum atomic E-state index is -1.92. The molecule has 15 atom stereocenters. The molecule has 33 heteroatoms. The third kappa shape index (κ3) is 24.1. The third-order valence-corrected chi connectivity index (χ3v) is 18.6.